The molecule has 0 saturated carbocycles. The third-order valence-electron chi connectivity index (χ3n) is 5.65. The maximum Gasteiger partial charge on any atom is 0.301 e. The zero-order chi connectivity index (χ0) is 23.3. The van der Waals surface area contributed by atoms with Crippen molar-refractivity contribution in [3.8, 4) is 5.75 Å². The molecule has 33 heavy (non-hydrogen) atoms. The molecule has 1 aliphatic rings. The highest BCUT2D eigenvalue weighted by molar-refractivity contribution is 7.22. The maximum absolute atomic E-state index is 13.3. The minimum absolute atomic E-state index is 0.00642. The zero-order valence-electron chi connectivity index (χ0n) is 18.2. The number of anilines is 1. The average Bonchev–Trinajstić information content (AvgIpc) is 3.46. The average molecular weight is 461 g/mol. The van der Waals surface area contributed by atoms with Crippen LogP contribution >= 0.6 is 11.3 Å². The van der Waals surface area contributed by atoms with Gasteiger partial charge >= 0.3 is 5.91 Å². The third-order valence-corrected chi connectivity index (χ3v) is 6.66. The number of amides is 1. The summed E-state index contributed by atoms with van der Waals surface area (Å²) in [5.41, 5.74) is 1.77. The molecule has 1 amide bonds. The fourth-order valence-electron chi connectivity index (χ4n) is 4.11. The first-order valence-corrected chi connectivity index (χ1v) is 11.1. The number of carbonyl (C=O) groups excluding carboxylic acids is 2. The number of fused-ring (bicyclic) bond motifs is 1. The van der Waals surface area contributed by atoms with Crippen LogP contribution in [-0.2, 0) is 9.59 Å². The first-order chi connectivity index (χ1) is 15.9. The summed E-state index contributed by atoms with van der Waals surface area (Å²) < 4.78 is 11.7. The van der Waals surface area contributed by atoms with E-state index in [0.29, 0.717) is 39.0 Å². The van der Waals surface area contributed by atoms with Gasteiger partial charge in [-0.25, -0.2) is 4.98 Å². The fourth-order valence-corrected chi connectivity index (χ4v) is 5.14. The summed E-state index contributed by atoms with van der Waals surface area (Å²) in [6.07, 6.45) is 0. The van der Waals surface area contributed by atoms with Gasteiger partial charge in [-0.15, -0.1) is 0 Å². The number of aliphatic hydroxyl groups excluding tert-OH is 1. The molecule has 1 N–H and O–H groups in total. The summed E-state index contributed by atoms with van der Waals surface area (Å²) in [6.45, 7) is 3.46. The number of ketones is 1. The van der Waals surface area contributed by atoms with E-state index in [0.717, 1.165) is 4.70 Å². The van der Waals surface area contributed by atoms with Gasteiger partial charge < -0.3 is 14.3 Å². The second-order valence-electron chi connectivity index (χ2n) is 7.74. The van der Waals surface area contributed by atoms with E-state index in [2.05, 4.69) is 4.98 Å². The minimum atomic E-state index is -0.830. The van der Waals surface area contributed by atoms with E-state index < -0.39 is 17.7 Å². The summed E-state index contributed by atoms with van der Waals surface area (Å²) in [4.78, 5) is 32.5. The van der Waals surface area contributed by atoms with E-state index in [4.69, 9.17) is 9.15 Å². The van der Waals surface area contributed by atoms with Crippen LogP contribution < -0.4 is 9.64 Å². The number of ether oxygens (including phenoxy) is 1. The predicted molar refractivity (Wildman–Crippen MR) is 126 cm³/mol. The van der Waals surface area contributed by atoms with E-state index in [1.165, 1.54) is 16.2 Å². The number of thiazole rings is 1. The summed E-state index contributed by atoms with van der Waals surface area (Å²) in [7, 11) is 1.58. The number of nitrogens with zero attached hydrogens (tertiary/aromatic N) is 2. The van der Waals surface area contributed by atoms with Gasteiger partial charge in [0.15, 0.2) is 5.13 Å². The normalized spacial score (nSPS) is 17.8. The van der Waals surface area contributed by atoms with E-state index in [9.17, 15) is 14.7 Å². The van der Waals surface area contributed by atoms with Gasteiger partial charge in [0.05, 0.1) is 34.5 Å². The molecule has 5 rings (SSSR count). The molecule has 1 fully saturated rings. The van der Waals surface area contributed by atoms with Gasteiger partial charge in [0, 0.05) is 0 Å². The molecule has 2 aromatic heterocycles. The lowest BCUT2D eigenvalue weighted by molar-refractivity contribution is -0.132. The van der Waals surface area contributed by atoms with Crippen molar-refractivity contribution in [1.29, 1.82) is 0 Å². The Hall–Kier alpha value is -3.91. The highest BCUT2D eigenvalue weighted by Crippen LogP contribution is 2.45. The number of aryl methyl sites for hydroxylation is 2. The third kappa shape index (κ3) is 3.39. The number of rotatable bonds is 4. The van der Waals surface area contributed by atoms with Crippen molar-refractivity contribution in [2.45, 2.75) is 19.9 Å². The first-order valence-electron chi connectivity index (χ1n) is 10.3. The lowest BCUT2D eigenvalue weighted by Gasteiger charge is -2.22. The Balaban J connectivity index is 1.73. The van der Waals surface area contributed by atoms with E-state index >= 15 is 0 Å². The molecule has 1 atom stereocenters. The molecule has 0 aliphatic carbocycles. The molecule has 166 valence electrons. The number of hydrogen-bond donors (Lipinski definition) is 1. The molecule has 3 heterocycles. The lowest BCUT2D eigenvalue weighted by atomic mass is 9.95. The number of aromatic nitrogens is 1. The fraction of sp³-hybridized carbons (Fsp3) is 0.160. The van der Waals surface area contributed by atoms with Crippen molar-refractivity contribution >= 4 is 44.1 Å². The molecule has 0 bridgehead atoms. The number of aliphatic hydroxyl groups is 1. The van der Waals surface area contributed by atoms with Crippen molar-refractivity contribution < 1.29 is 23.8 Å². The SMILES string of the molecule is COc1ccc2nc(N3C(=O)C(=O)C(=C(O)c4cc(C)oc4C)C3c3ccccc3)sc2c1. The van der Waals surface area contributed by atoms with E-state index in [1.807, 2.05) is 36.4 Å². The van der Waals surface area contributed by atoms with Crippen LogP contribution in [0.5, 0.6) is 5.75 Å². The van der Waals surface area contributed by atoms with Crippen LogP contribution in [0.4, 0.5) is 5.13 Å². The van der Waals surface area contributed by atoms with Crippen LogP contribution in [0.1, 0.15) is 28.7 Å². The molecular formula is C25H20N2O5S. The van der Waals surface area contributed by atoms with Gasteiger partial charge in [-0.05, 0) is 43.7 Å². The number of benzene rings is 2. The van der Waals surface area contributed by atoms with Crippen molar-refractivity contribution in [3.63, 3.8) is 0 Å². The van der Waals surface area contributed by atoms with E-state index in [1.54, 1.807) is 39.2 Å². The lowest BCUT2D eigenvalue weighted by Crippen LogP contribution is -2.29. The standard InChI is InChI=1S/C25H20N2O5S/c1-13-11-17(14(2)32-13)22(28)20-21(15-7-5-4-6-8-15)27(24(30)23(20)29)25-26-18-10-9-16(31-3)12-19(18)33-25/h4-12,21,28H,1-3H3. The molecule has 2 aromatic carbocycles. The van der Waals surface area contributed by atoms with Crippen LogP contribution in [0.25, 0.3) is 16.0 Å². The van der Waals surface area contributed by atoms with Gasteiger partial charge in [-0.1, -0.05) is 41.7 Å². The van der Waals surface area contributed by atoms with Gasteiger partial charge in [-0.3, -0.25) is 14.5 Å². The highest BCUT2D eigenvalue weighted by Gasteiger charge is 2.48. The minimum Gasteiger partial charge on any atom is -0.507 e. The Morgan fingerprint density at radius 1 is 1.12 bits per heavy atom. The Bertz CT molecular complexity index is 1430. The Kier molecular flexibility index (Phi) is 5.02. The summed E-state index contributed by atoms with van der Waals surface area (Å²) in [6, 6.07) is 15.4. The molecular weight excluding hydrogens is 440 g/mol. The summed E-state index contributed by atoms with van der Waals surface area (Å²) in [5.74, 6) is -0.0347. The van der Waals surface area contributed by atoms with Crippen LogP contribution in [-0.4, -0.2) is 28.9 Å². The number of hydrogen-bond acceptors (Lipinski definition) is 7. The van der Waals surface area contributed by atoms with Crippen LogP contribution in [0, 0.1) is 13.8 Å². The quantitative estimate of drug-likeness (QED) is 0.257. The molecule has 8 heteroatoms. The molecule has 1 saturated heterocycles. The first kappa shape index (κ1) is 21.0. The van der Waals surface area contributed by atoms with Crippen LogP contribution in [0.3, 0.4) is 0 Å². The smallest absolute Gasteiger partial charge is 0.301 e. The number of Topliss-reactive ketones (excluding diaryl/α,β-unsaturated/α-hetero) is 1. The predicted octanol–water partition coefficient (Wildman–Crippen LogP) is 5.14. The monoisotopic (exact) mass is 460 g/mol. The van der Waals surface area contributed by atoms with Gasteiger partial charge in [0.1, 0.15) is 23.0 Å². The Morgan fingerprint density at radius 3 is 2.55 bits per heavy atom. The summed E-state index contributed by atoms with van der Waals surface area (Å²) >= 11 is 1.28. The van der Waals surface area contributed by atoms with Gasteiger partial charge in [0.25, 0.3) is 5.78 Å². The van der Waals surface area contributed by atoms with Crippen LogP contribution in [0.15, 0.2) is 64.6 Å². The van der Waals surface area contributed by atoms with Gasteiger partial charge in [0.2, 0.25) is 0 Å². The van der Waals surface area contributed by atoms with Crippen LogP contribution in [0.2, 0.25) is 0 Å². The van der Waals surface area contributed by atoms with Crippen molar-refractivity contribution in [3.05, 3.63) is 82.8 Å². The van der Waals surface area contributed by atoms with Crippen molar-refractivity contribution in [1.82, 2.24) is 4.98 Å². The number of methoxy groups -OCH3 is 1. The molecule has 0 spiro atoms. The van der Waals surface area contributed by atoms with E-state index in [-0.39, 0.29) is 11.3 Å². The summed E-state index contributed by atoms with van der Waals surface area (Å²) in [5, 5.41) is 11.6. The Labute approximate surface area is 193 Å². The number of furan rings is 1. The molecule has 0 radical (unpaired) electrons. The molecule has 1 unspecified atom stereocenters. The zero-order valence-corrected chi connectivity index (χ0v) is 19.0. The highest BCUT2D eigenvalue weighted by atomic mass is 32.1. The second-order valence-corrected chi connectivity index (χ2v) is 8.75. The largest absolute Gasteiger partial charge is 0.507 e. The second kappa shape index (κ2) is 7.90. The molecule has 7 nitrogen and oxygen atoms in total. The topological polar surface area (TPSA) is 92.9 Å². The van der Waals surface area contributed by atoms with Crippen molar-refractivity contribution in [2.75, 3.05) is 12.0 Å². The molecule has 4 aromatic rings. The Morgan fingerprint density at radius 2 is 1.88 bits per heavy atom. The maximum atomic E-state index is 13.3. The van der Waals surface area contributed by atoms with Gasteiger partial charge in [-0.2, -0.15) is 0 Å². The molecule has 1 aliphatic heterocycles. The number of carbonyl (C=O) groups is 2. The van der Waals surface area contributed by atoms with Crippen molar-refractivity contribution in [2.24, 2.45) is 0 Å².